The first kappa shape index (κ1) is 13.9. The smallest absolute Gasteiger partial charge is 0.319 e. The van der Waals surface area contributed by atoms with Crippen LogP contribution in [0.25, 0.3) is 0 Å². The first-order valence-corrected chi connectivity index (χ1v) is 7.32. The fourth-order valence-corrected chi connectivity index (χ4v) is 3.53. The Morgan fingerprint density at radius 2 is 1.86 bits per heavy atom. The molecule has 0 radical (unpaired) electrons. The highest BCUT2D eigenvalue weighted by Gasteiger charge is 2.42. The molecule has 5 heteroatoms. The van der Waals surface area contributed by atoms with Gasteiger partial charge < -0.3 is 14.7 Å². The summed E-state index contributed by atoms with van der Waals surface area (Å²) in [5.74, 6) is 0.728. The molecular weight excluding hydrogens is 266 g/mol. The van der Waals surface area contributed by atoms with Gasteiger partial charge in [-0.1, -0.05) is 18.2 Å². The molecule has 1 saturated heterocycles. The van der Waals surface area contributed by atoms with E-state index in [4.69, 9.17) is 0 Å². The van der Waals surface area contributed by atoms with Crippen molar-refractivity contribution in [1.82, 2.24) is 9.80 Å². The van der Waals surface area contributed by atoms with Crippen LogP contribution in [0.2, 0.25) is 0 Å². The molecular formula is C16H21N3O2. The second-order valence-electron chi connectivity index (χ2n) is 6.14. The normalized spacial score (nSPS) is 23.6. The molecule has 2 aliphatic rings. The molecule has 3 amide bonds. The monoisotopic (exact) mass is 287 g/mol. The molecule has 112 valence electrons. The zero-order valence-corrected chi connectivity index (χ0v) is 12.7. The number of urea groups is 1. The Morgan fingerprint density at radius 3 is 2.52 bits per heavy atom. The van der Waals surface area contributed by atoms with E-state index in [0.29, 0.717) is 18.4 Å². The third-order valence-electron chi connectivity index (χ3n) is 4.52. The largest absolute Gasteiger partial charge is 0.331 e. The van der Waals surface area contributed by atoms with Crippen LogP contribution in [0.4, 0.5) is 10.5 Å². The van der Waals surface area contributed by atoms with Crippen LogP contribution in [0.15, 0.2) is 24.3 Å². The van der Waals surface area contributed by atoms with E-state index in [1.807, 2.05) is 28.0 Å². The van der Waals surface area contributed by atoms with Crippen LogP contribution >= 0.6 is 0 Å². The Balaban J connectivity index is 1.93. The van der Waals surface area contributed by atoms with Gasteiger partial charge in [0.05, 0.1) is 0 Å². The molecule has 2 heterocycles. The molecule has 0 aliphatic carbocycles. The number of hydrogen-bond acceptors (Lipinski definition) is 2. The fraction of sp³-hybridized carbons (Fsp3) is 0.500. The van der Waals surface area contributed by atoms with Gasteiger partial charge in [0, 0.05) is 58.2 Å². The number of amides is 3. The molecule has 2 atom stereocenters. The molecule has 0 bridgehead atoms. The van der Waals surface area contributed by atoms with Crippen LogP contribution in [0.1, 0.15) is 18.4 Å². The Labute approximate surface area is 125 Å². The first-order valence-electron chi connectivity index (χ1n) is 7.32. The molecule has 0 spiro atoms. The predicted molar refractivity (Wildman–Crippen MR) is 81.4 cm³/mol. The lowest BCUT2D eigenvalue weighted by molar-refractivity contribution is -0.116. The summed E-state index contributed by atoms with van der Waals surface area (Å²) in [6.07, 6.45) is 0. The van der Waals surface area contributed by atoms with E-state index in [9.17, 15) is 9.59 Å². The van der Waals surface area contributed by atoms with Gasteiger partial charge in [-0.05, 0) is 11.6 Å². The lowest BCUT2D eigenvalue weighted by Crippen LogP contribution is -2.41. The molecule has 1 aromatic carbocycles. The summed E-state index contributed by atoms with van der Waals surface area (Å²) in [5, 5.41) is 0. The van der Waals surface area contributed by atoms with Crippen molar-refractivity contribution >= 4 is 17.6 Å². The molecule has 21 heavy (non-hydrogen) atoms. The summed E-state index contributed by atoms with van der Waals surface area (Å²) in [6, 6.07) is 8.12. The third kappa shape index (κ3) is 2.26. The van der Waals surface area contributed by atoms with E-state index < -0.39 is 0 Å². The van der Waals surface area contributed by atoms with Crippen molar-refractivity contribution in [3.05, 3.63) is 29.8 Å². The van der Waals surface area contributed by atoms with E-state index >= 15 is 0 Å². The van der Waals surface area contributed by atoms with Crippen LogP contribution < -0.4 is 4.90 Å². The van der Waals surface area contributed by atoms with Crippen molar-refractivity contribution in [2.24, 2.45) is 5.92 Å². The molecule has 0 aromatic heterocycles. The third-order valence-corrected chi connectivity index (χ3v) is 4.52. The van der Waals surface area contributed by atoms with Gasteiger partial charge >= 0.3 is 6.03 Å². The number of nitrogens with zero attached hydrogens (tertiary/aromatic N) is 3. The number of benzene rings is 1. The molecule has 5 nitrogen and oxygen atoms in total. The second kappa shape index (κ2) is 5.06. The van der Waals surface area contributed by atoms with Gasteiger partial charge in [-0.15, -0.1) is 0 Å². The van der Waals surface area contributed by atoms with E-state index in [-0.39, 0.29) is 11.9 Å². The highest BCUT2D eigenvalue weighted by Crippen LogP contribution is 2.42. The standard InChI is InChI=1S/C16H21N3O2/c1-11(20)19-9-12-8-18(16(21)17(2)3)10-14(12)13-6-4-5-7-15(13)19/h4-7,12,14H,8-10H2,1-3H3/t12-,14+/m0/s1. The molecule has 2 aliphatic heterocycles. The van der Waals surface area contributed by atoms with Gasteiger partial charge in [0.25, 0.3) is 0 Å². The number of carbonyl (C=O) groups is 2. The number of rotatable bonds is 0. The van der Waals surface area contributed by atoms with Crippen LogP contribution in [0, 0.1) is 5.92 Å². The summed E-state index contributed by atoms with van der Waals surface area (Å²) in [6.45, 7) is 3.77. The number of para-hydroxylation sites is 1. The Morgan fingerprint density at radius 1 is 1.14 bits per heavy atom. The summed E-state index contributed by atoms with van der Waals surface area (Å²) in [7, 11) is 3.56. The average Bonchev–Trinajstić information content (AvgIpc) is 2.89. The minimum absolute atomic E-state index is 0.0521. The van der Waals surface area contributed by atoms with Gasteiger partial charge in [-0.2, -0.15) is 0 Å². The van der Waals surface area contributed by atoms with Crippen molar-refractivity contribution in [2.75, 3.05) is 38.6 Å². The SMILES string of the molecule is CC(=O)N1C[C@@H]2CN(C(=O)N(C)C)C[C@H]2c2ccccc21. The van der Waals surface area contributed by atoms with Crippen LogP contribution in [-0.4, -0.2) is 55.5 Å². The molecule has 1 fully saturated rings. The Kier molecular flexibility index (Phi) is 3.35. The predicted octanol–water partition coefficient (Wildman–Crippen LogP) is 1.75. The Hall–Kier alpha value is -2.04. The van der Waals surface area contributed by atoms with Gasteiger partial charge in [-0.3, -0.25) is 4.79 Å². The van der Waals surface area contributed by atoms with E-state index in [0.717, 1.165) is 18.8 Å². The summed E-state index contributed by atoms with van der Waals surface area (Å²) in [4.78, 5) is 29.5. The number of fused-ring (bicyclic) bond motifs is 3. The number of carbonyl (C=O) groups excluding carboxylic acids is 2. The average molecular weight is 287 g/mol. The van der Waals surface area contributed by atoms with E-state index in [1.165, 1.54) is 5.56 Å². The van der Waals surface area contributed by atoms with Crippen molar-refractivity contribution in [2.45, 2.75) is 12.8 Å². The van der Waals surface area contributed by atoms with Gasteiger partial charge in [0.1, 0.15) is 0 Å². The maximum absolute atomic E-state index is 12.2. The zero-order valence-electron chi connectivity index (χ0n) is 12.7. The number of likely N-dealkylation sites (tertiary alicyclic amines) is 1. The highest BCUT2D eigenvalue weighted by atomic mass is 16.2. The maximum atomic E-state index is 12.2. The molecule has 3 rings (SSSR count). The lowest BCUT2D eigenvalue weighted by atomic mass is 9.84. The van der Waals surface area contributed by atoms with Gasteiger partial charge in [0.2, 0.25) is 5.91 Å². The zero-order chi connectivity index (χ0) is 15.1. The van der Waals surface area contributed by atoms with Crippen LogP contribution in [0.3, 0.4) is 0 Å². The van der Waals surface area contributed by atoms with Crippen molar-refractivity contribution in [3.63, 3.8) is 0 Å². The minimum atomic E-state index is 0.0521. The summed E-state index contributed by atoms with van der Waals surface area (Å²) < 4.78 is 0. The molecule has 1 aromatic rings. The van der Waals surface area contributed by atoms with Crippen molar-refractivity contribution < 1.29 is 9.59 Å². The molecule has 0 unspecified atom stereocenters. The van der Waals surface area contributed by atoms with E-state index in [1.54, 1.807) is 25.9 Å². The lowest BCUT2D eigenvalue weighted by Gasteiger charge is -2.35. The van der Waals surface area contributed by atoms with Gasteiger partial charge in [0.15, 0.2) is 0 Å². The second-order valence-corrected chi connectivity index (χ2v) is 6.14. The Bertz CT molecular complexity index is 585. The minimum Gasteiger partial charge on any atom is -0.331 e. The fourth-order valence-electron chi connectivity index (χ4n) is 3.53. The molecule has 0 saturated carbocycles. The van der Waals surface area contributed by atoms with Crippen LogP contribution in [0.5, 0.6) is 0 Å². The summed E-state index contributed by atoms with van der Waals surface area (Å²) >= 11 is 0. The summed E-state index contributed by atoms with van der Waals surface area (Å²) in [5.41, 5.74) is 2.20. The topological polar surface area (TPSA) is 43.9 Å². The van der Waals surface area contributed by atoms with Crippen LogP contribution in [-0.2, 0) is 4.79 Å². The van der Waals surface area contributed by atoms with Crippen molar-refractivity contribution in [1.29, 1.82) is 0 Å². The van der Waals surface area contributed by atoms with Gasteiger partial charge in [-0.25, -0.2) is 4.79 Å². The quantitative estimate of drug-likeness (QED) is 0.729. The highest BCUT2D eigenvalue weighted by molar-refractivity contribution is 5.93. The number of hydrogen-bond donors (Lipinski definition) is 0. The van der Waals surface area contributed by atoms with E-state index in [2.05, 4.69) is 6.07 Å². The molecule has 0 N–H and O–H groups in total. The first-order chi connectivity index (χ1) is 9.99. The maximum Gasteiger partial charge on any atom is 0.319 e. The number of anilines is 1. The van der Waals surface area contributed by atoms with Crippen molar-refractivity contribution in [3.8, 4) is 0 Å².